The summed E-state index contributed by atoms with van der Waals surface area (Å²) in [5, 5.41) is 9.00. The topological polar surface area (TPSA) is 63.1 Å². The van der Waals surface area contributed by atoms with Crippen molar-refractivity contribution in [1.29, 1.82) is 0 Å². The molecule has 0 radical (unpaired) electrons. The minimum atomic E-state index is -1.20. The van der Waals surface area contributed by atoms with E-state index < -0.39 is 11.8 Å². The predicted octanol–water partition coefficient (Wildman–Crippen LogP) is 2.29. The molecule has 17 heavy (non-hydrogen) atoms. The average molecular weight is 232 g/mol. The number of carboxylic acid groups (broad SMARTS) is 1. The van der Waals surface area contributed by atoms with E-state index in [1.165, 1.54) is 24.5 Å². The first kappa shape index (κ1) is 11.2. The van der Waals surface area contributed by atoms with Crippen LogP contribution in [0.2, 0.25) is 0 Å². The van der Waals surface area contributed by atoms with Crippen LogP contribution in [0, 0.1) is 12.7 Å². The maximum absolute atomic E-state index is 13.6. The van der Waals surface area contributed by atoms with Gasteiger partial charge < -0.3 is 5.11 Å². The highest BCUT2D eigenvalue weighted by Crippen LogP contribution is 2.23. The molecule has 2 rings (SSSR count). The second kappa shape index (κ2) is 4.29. The van der Waals surface area contributed by atoms with Crippen molar-refractivity contribution >= 4 is 5.97 Å². The molecule has 2 aromatic rings. The standard InChI is InChI=1S/C12H9FN2O2/c1-7-5-8(11(12(16)17)15-6-7)10-9(13)3-2-4-14-10/h2-6H,1H3,(H,16,17). The number of hydrogen-bond acceptors (Lipinski definition) is 3. The molecule has 2 aromatic heterocycles. The van der Waals surface area contributed by atoms with Gasteiger partial charge in [-0.25, -0.2) is 14.2 Å². The van der Waals surface area contributed by atoms with Crippen LogP contribution in [0.5, 0.6) is 0 Å². The van der Waals surface area contributed by atoms with Gasteiger partial charge in [0.25, 0.3) is 0 Å². The zero-order valence-electron chi connectivity index (χ0n) is 9.01. The molecule has 0 amide bonds. The van der Waals surface area contributed by atoms with E-state index in [9.17, 15) is 9.18 Å². The summed E-state index contributed by atoms with van der Waals surface area (Å²) in [6.07, 6.45) is 2.83. The van der Waals surface area contributed by atoms with Gasteiger partial charge in [-0.3, -0.25) is 4.98 Å². The van der Waals surface area contributed by atoms with Crippen molar-refractivity contribution in [3.8, 4) is 11.3 Å². The molecule has 0 aliphatic rings. The predicted molar refractivity (Wildman–Crippen MR) is 59.1 cm³/mol. The van der Waals surface area contributed by atoms with Gasteiger partial charge in [0.1, 0.15) is 11.5 Å². The number of halogens is 1. The fourth-order valence-electron chi connectivity index (χ4n) is 1.50. The molecule has 4 nitrogen and oxygen atoms in total. The lowest BCUT2D eigenvalue weighted by atomic mass is 10.1. The van der Waals surface area contributed by atoms with E-state index in [1.807, 2.05) is 0 Å². The molecule has 0 unspecified atom stereocenters. The van der Waals surface area contributed by atoms with E-state index in [0.29, 0.717) is 0 Å². The molecule has 0 bridgehead atoms. The van der Waals surface area contributed by atoms with Gasteiger partial charge in [0, 0.05) is 18.0 Å². The maximum Gasteiger partial charge on any atom is 0.355 e. The lowest BCUT2D eigenvalue weighted by Crippen LogP contribution is -2.05. The largest absolute Gasteiger partial charge is 0.476 e. The molecule has 0 atom stereocenters. The average Bonchev–Trinajstić information content (AvgIpc) is 2.29. The van der Waals surface area contributed by atoms with Gasteiger partial charge in [-0.15, -0.1) is 0 Å². The summed E-state index contributed by atoms with van der Waals surface area (Å²) in [7, 11) is 0. The normalized spacial score (nSPS) is 10.2. The highest BCUT2D eigenvalue weighted by Gasteiger charge is 2.17. The number of aromatic carboxylic acids is 1. The quantitative estimate of drug-likeness (QED) is 0.862. The van der Waals surface area contributed by atoms with Crippen molar-refractivity contribution in [2.45, 2.75) is 6.92 Å². The van der Waals surface area contributed by atoms with Crippen LogP contribution in [0.1, 0.15) is 16.1 Å². The Bertz CT molecular complexity index is 584. The lowest BCUT2D eigenvalue weighted by molar-refractivity contribution is 0.0691. The van der Waals surface area contributed by atoms with Crippen LogP contribution in [0.15, 0.2) is 30.6 Å². The zero-order valence-corrected chi connectivity index (χ0v) is 9.01. The third-order valence-electron chi connectivity index (χ3n) is 2.24. The van der Waals surface area contributed by atoms with Gasteiger partial charge >= 0.3 is 5.97 Å². The van der Waals surface area contributed by atoms with Gasteiger partial charge in [-0.2, -0.15) is 0 Å². The van der Waals surface area contributed by atoms with Crippen molar-refractivity contribution < 1.29 is 14.3 Å². The van der Waals surface area contributed by atoms with Crippen molar-refractivity contribution in [2.24, 2.45) is 0 Å². The fraction of sp³-hybridized carbons (Fsp3) is 0.0833. The molecule has 1 N–H and O–H groups in total. The summed E-state index contributed by atoms with van der Waals surface area (Å²) in [5.74, 6) is -1.77. The van der Waals surface area contributed by atoms with Gasteiger partial charge in [0.05, 0.1) is 0 Å². The number of aryl methyl sites for hydroxylation is 1. The summed E-state index contributed by atoms with van der Waals surface area (Å²) >= 11 is 0. The summed E-state index contributed by atoms with van der Waals surface area (Å²) in [5.41, 5.74) is 0.736. The van der Waals surface area contributed by atoms with Crippen molar-refractivity contribution in [2.75, 3.05) is 0 Å². The summed E-state index contributed by atoms with van der Waals surface area (Å²) < 4.78 is 13.6. The fourth-order valence-corrected chi connectivity index (χ4v) is 1.50. The number of nitrogens with zero attached hydrogens (tertiary/aromatic N) is 2. The van der Waals surface area contributed by atoms with Crippen LogP contribution >= 0.6 is 0 Å². The number of pyridine rings is 2. The molecular weight excluding hydrogens is 223 g/mol. The Kier molecular flexibility index (Phi) is 2.82. The summed E-state index contributed by atoms with van der Waals surface area (Å²) in [6, 6.07) is 4.24. The number of aromatic nitrogens is 2. The molecule has 0 spiro atoms. The number of rotatable bonds is 2. The number of carboxylic acids is 1. The van der Waals surface area contributed by atoms with E-state index in [-0.39, 0.29) is 17.0 Å². The van der Waals surface area contributed by atoms with Crippen molar-refractivity contribution in [1.82, 2.24) is 9.97 Å². The van der Waals surface area contributed by atoms with E-state index in [0.717, 1.165) is 5.56 Å². The van der Waals surface area contributed by atoms with Crippen LogP contribution in [0.25, 0.3) is 11.3 Å². The Morgan fingerprint density at radius 3 is 2.82 bits per heavy atom. The first-order valence-corrected chi connectivity index (χ1v) is 4.90. The minimum Gasteiger partial charge on any atom is -0.476 e. The number of hydrogen-bond donors (Lipinski definition) is 1. The highest BCUT2D eigenvalue weighted by molar-refractivity contribution is 5.93. The number of carbonyl (C=O) groups is 1. The lowest BCUT2D eigenvalue weighted by Gasteiger charge is -2.06. The Balaban J connectivity index is 2.70. The first-order chi connectivity index (χ1) is 8.09. The van der Waals surface area contributed by atoms with Gasteiger partial charge in [0.15, 0.2) is 5.69 Å². The molecule has 0 fully saturated rings. The van der Waals surface area contributed by atoms with Crippen molar-refractivity contribution in [3.05, 3.63) is 47.7 Å². The van der Waals surface area contributed by atoms with Crippen LogP contribution in [-0.2, 0) is 0 Å². The monoisotopic (exact) mass is 232 g/mol. The third-order valence-corrected chi connectivity index (χ3v) is 2.24. The van der Waals surface area contributed by atoms with Gasteiger partial charge in [-0.05, 0) is 30.7 Å². The molecule has 2 heterocycles. The van der Waals surface area contributed by atoms with Crippen LogP contribution < -0.4 is 0 Å². The first-order valence-electron chi connectivity index (χ1n) is 4.90. The third kappa shape index (κ3) is 2.13. The second-order valence-electron chi connectivity index (χ2n) is 3.55. The molecule has 0 aliphatic heterocycles. The molecule has 0 aromatic carbocycles. The second-order valence-corrected chi connectivity index (χ2v) is 3.55. The summed E-state index contributed by atoms with van der Waals surface area (Å²) in [6.45, 7) is 1.75. The molecule has 0 saturated carbocycles. The minimum absolute atomic E-state index is 0.00102. The zero-order chi connectivity index (χ0) is 12.4. The van der Waals surface area contributed by atoms with Crippen LogP contribution in [0.4, 0.5) is 4.39 Å². The molecule has 0 aliphatic carbocycles. The van der Waals surface area contributed by atoms with Gasteiger partial charge in [-0.1, -0.05) is 0 Å². The Hall–Kier alpha value is -2.30. The SMILES string of the molecule is Cc1cnc(C(=O)O)c(-c2ncccc2F)c1. The van der Waals surface area contributed by atoms with E-state index in [4.69, 9.17) is 5.11 Å². The Labute approximate surface area is 96.8 Å². The van der Waals surface area contributed by atoms with Gasteiger partial charge in [0.2, 0.25) is 0 Å². The molecule has 0 saturated heterocycles. The summed E-state index contributed by atoms with van der Waals surface area (Å²) in [4.78, 5) is 18.6. The Morgan fingerprint density at radius 2 is 2.18 bits per heavy atom. The smallest absolute Gasteiger partial charge is 0.355 e. The van der Waals surface area contributed by atoms with Crippen LogP contribution in [-0.4, -0.2) is 21.0 Å². The molecule has 86 valence electrons. The van der Waals surface area contributed by atoms with E-state index in [2.05, 4.69) is 9.97 Å². The van der Waals surface area contributed by atoms with Crippen molar-refractivity contribution in [3.63, 3.8) is 0 Å². The van der Waals surface area contributed by atoms with Crippen LogP contribution in [0.3, 0.4) is 0 Å². The molecule has 5 heteroatoms. The van der Waals surface area contributed by atoms with E-state index >= 15 is 0 Å². The molecular formula is C12H9FN2O2. The Morgan fingerprint density at radius 1 is 1.41 bits per heavy atom. The van der Waals surface area contributed by atoms with E-state index in [1.54, 1.807) is 13.0 Å². The highest BCUT2D eigenvalue weighted by atomic mass is 19.1. The maximum atomic E-state index is 13.6.